The van der Waals surface area contributed by atoms with E-state index in [1.54, 1.807) is 0 Å². The van der Waals surface area contributed by atoms with Crippen LogP contribution in [-0.2, 0) is 11.0 Å². The van der Waals surface area contributed by atoms with Crippen molar-refractivity contribution in [1.82, 2.24) is 4.98 Å². The molecule has 2 aliphatic rings. The first-order valence-electron chi connectivity index (χ1n) is 7.37. The van der Waals surface area contributed by atoms with Gasteiger partial charge in [0.1, 0.15) is 5.69 Å². The fourth-order valence-corrected chi connectivity index (χ4v) is 3.47. The van der Waals surface area contributed by atoms with Gasteiger partial charge in [-0.25, -0.2) is 4.98 Å². The van der Waals surface area contributed by atoms with Crippen LogP contribution in [0, 0.1) is 11.3 Å². The highest BCUT2D eigenvalue weighted by Crippen LogP contribution is 2.57. The van der Waals surface area contributed by atoms with Crippen molar-refractivity contribution in [3.8, 4) is 0 Å². The number of anilines is 1. The van der Waals surface area contributed by atoms with Crippen molar-refractivity contribution in [1.29, 1.82) is 0 Å². The lowest BCUT2D eigenvalue weighted by Crippen LogP contribution is -2.27. The highest BCUT2D eigenvalue weighted by molar-refractivity contribution is 5.75. The SMILES string of the molecule is NC(=O)CC1([C@H]2CCN(c3ccc(C(F)(F)F)nc3)C2)CC1. The van der Waals surface area contributed by atoms with Crippen molar-refractivity contribution < 1.29 is 18.0 Å². The molecule has 1 atom stereocenters. The van der Waals surface area contributed by atoms with E-state index >= 15 is 0 Å². The first-order chi connectivity index (χ1) is 10.3. The number of primary amides is 1. The van der Waals surface area contributed by atoms with Crippen LogP contribution in [0.3, 0.4) is 0 Å². The van der Waals surface area contributed by atoms with Gasteiger partial charge in [-0.15, -0.1) is 0 Å². The number of nitrogens with zero attached hydrogens (tertiary/aromatic N) is 2. The van der Waals surface area contributed by atoms with Crippen molar-refractivity contribution in [3.63, 3.8) is 0 Å². The molecule has 22 heavy (non-hydrogen) atoms. The number of alkyl halides is 3. The van der Waals surface area contributed by atoms with Crippen LogP contribution in [0.2, 0.25) is 0 Å². The maximum Gasteiger partial charge on any atom is 0.433 e. The maximum absolute atomic E-state index is 12.5. The van der Waals surface area contributed by atoms with Gasteiger partial charge < -0.3 is 10.6 Å². The Kier molecular flexibility index (Phi) is 3.53. The van der Waals surface area contributed by atoms with E-state index < -0.39 is 11.9 Å². The Bertz CT molecular complexity index is 566. The van der Waals surface area contributed by atoms with E-state index in [-0.39, 0.29) is 11.3 Å². The van der Waals surface area contributed by atoms with Crippen molar-refractivity contribution >= 4 is 11.6 Å². The third-order valence-corrected chi connectivity index (χ3v) is 4.88. The Morgan fingerprint density at radius 2 is 2.14 bits per heavy atom. The number of halogens is 3. The summed E-state index contributed by atoms with van der Waals surface area (Å²) in [5.74, 6) is 0.106. The van der Waals surface area contributed by atoms with Gasteiger partial charge in [-0.1, -0.05) is 0 Å². The number of rotatable bonds is 4. The zero-order valence-electron chi connectivity index (χ0n) is 12.1. The topological polar surface area (TPSA) is 59.2 Å². The predicted molar refractivity (Wildman–Crippen MR) is 75.0 cm³/mol. The fourth-order valence-electron chi connectivity index (χ4n) is 3.47. The van der Waals surface area contributed by atoms with E-state index in [0.29, 0.717) is 18.0 Å². The minimum atomic E-state index is -4.41. The number of pyridine rings is 1. The van der Waals surface area contributed by atoms with Gasteiger partial charge in [-0.2, -0.15) is 13.2 Å². The Labute approximate surface area is 126 Å². The van der Waals surface area contributed by atoms with Crippen LogP contribution < -0.4 is 10.6 Å². The molecule has 1 aliphatic carbocycles. The normalized spacial score (nSPS) is 23.6. The summed E-state index contributed by atoms with van der Waals surface area (Å²) in [4.78, 5) is 16.7. The van der Waals surface area contributed by atoms with Crippen LogP contribution in [0.15, 0.2) is 18.3 Å². The highest BCUT2D eigenvalue weighted by atomic mass is 19.4. The fraction of sp³-hybridized carbons (Fsp3) is 0.600. The molecule has 2 N–H and O–H groups in total. The van der Waals surface area contributed by atoms with E-state index in [4.69, 9.17) is 5.73 Å². The summed E-state index contributed by atoms with van der Waals surface area (Å²) in [6, 6.07) is 2.48. The van der Waals surface area contributed by atoms with Crippen LogP contribution in [0.1, 0.15) is 31.4 Å². The number of amides is 1. The summed E-state index contributed by atoms with van der Waals surface area (Å²) in [5, 5.41) is 0. The molecule has 120 valence electrons. The Morgan fingerprint density at radius 3 is 2.64 bits per heavy atom. The number of nitrogens with two attached hydrogens (primary N) is 1. The van der Waals surface area contributed by atoms with E-state index in [9.17, 15) is 18.0 Å². The minimum absolute atomic E-state index is 0.0277. The minimum Gasteiger partial charge on any atom is -0.370 e. The molecule has 1 aliphatic heterocycles. The average Bonchev–Trinajstić information content (AvgIpc) is 3.02. The van der Waals surface area contributed by atoms with Crippen LogP contribution >= 0.6 is 0 Å². The first kappa shape index (κ1) is 15.1. The molecule has 4 nitrogen and oxygen atoms in total. The molecule has 2 heterocycles. The van der Waals surface area contributed by atoms with Crippen molar-refractivity contribution in [2.24, 2.45) is 17.1 Å². The third-order valence-electron chi connectivity index (χ3n) is 4.88. The second kappa shape index (κ2) is 5.14. The summed E-state index contributed by atoms with van der Waals surface area (Å²) in [7, 11) is 0. The second-order valence-corrected chi connectivity index (χ2v) is 6.34. The van der Waals surface area contributed by atoms with Gasteiger partial charge in [0, 0.05) is 19.5 Å². The molecular formula is C15H18F3N3O. The van der Waals surface area contributed by atoms with Crippen LogP contribution in [0.5, 0.6) is 0 Å². The molecule has 0 radical (unpaired) electrons. The molecule has 1 amide bonds. The van der Waals surface area contributed by atoms with Gasteiger partial charge in [0.15, 0.2) is 0 Å². The third kappa shape index (κ3) is 2.89. The lowest BCUT2D eigenvalue weighted by Gasteiger charge is -2.23. The summed E-state index contributed by atoms with van der Waals surface area (Å²) in [5.41, 5.74) is 5.17. The van der Waals surface area contributed by atoms with Gasteiger partial charge in [-0.05, 0) is 42.7 Å². The summed E-state index contributed by atoms with van der Waals surface area (Å²) in [6.07, 6.45) is 0.245. The molecule has 0 spiro atoms. The predicted octanol–water partition coefficient (Wildman–Crippen LogP) is 2.58. The number of hydrogen-bond acceptors (Lipinski definition) is 3. The molecule has 1 saturated carbocycles. The number of carbonyl (C=O) groups excluding carboxylic acids is 1. The van der Waals surface area contributed by atoms with Gasteiger partial charge >= 0.3 is 6.18 Å². The first-order valence-corrected chi connectivity index (χ1v) is 7.37. The smallest absolute Gasteiger partial charge is 0.370 e. The standard InChI is InChI=1S/C15H18F3N3O/c16-15(17,18)12-2-1-11(8-20-12)21-6-3-10(9-21)14(4-5-14)7-13(19)22/h1-2,8,10H,3-7,9H2,(H2,19,22)/t10-/m0/s1. The Morgan fingerprint density at radius 1 is 1.41 bits per heavy atom. The van der Waals surface area contributed by atoms with E-state index in [2.05, 4.69) is 4.98 Å². The molecule has 0 aromatic carbocycles. The zero-order valence-corrected chi connectivity index (χ0v) is 12.1. The van der Waals surface area contributed by atoms with Crippen molar-refractivity contribution in [3.05, 3.63) is 24.0 Å². The molecule has 2 fully saturated rings. The Hall–Kier alpha value is -1.79. The molecule has 3 rings (SSSR count). The quantitative estimate of drug-likeness (QED) is 0.929. The number of hydrogen-bond donors (Lipinski definition) is 1. The molecular weight excluding hydrogens is 295 g/mol. The molecule has 1 aromatic rings. The van der Waals surface area contributed by atoms with Crippen LogP contribution in [0.4, 0.5) is 18.9 Å². The number of carbonyl (C=O) groups is 1. The van der Waals surface area contributed by atoms with Crippen molar-refractivity contribution in [2.45, 2.75) is 31.9 Å². The van der Waals surface area contributed by atoms with Gasteiger partial charge in [0.25, 0.3) is 0 Å². The summed E-state index contributed by atoms with van der Waals surface area (Å²) >= 11 is 0. The molecule has 0 bridgehead atoms. The van der Waals surface area contributed by atoms with Crippen LogP contribution in [0.25, 0.3) is 0 Å². The van der Waals surface area contributed by atoms with E-state index in [1.165, 1.54) is 12.3 Å². The zero-order chi connectivity index (χ0) is 16.0. The number of aromatic nitrogens is 1. The Balaban J connectivity index is 1.67. The lowest BCUT2D eigenvalue weighted by atomic mass is 9.85. The summed E-state index contributed by atoms with van der Waals surface area (Å²) < 4.78 is 37.6. The van der Waals surface area contributed by atoms with Gasteiger partial charge in [0.2, 0.25) is 5.91 Å². The molecule has 0 unspecified atom stereocenters. The average molecular weight is 313 g/mol. The molecule has 1 saturated heterocycles. The molecule has 7 heteroatoms. The molecule has 1 aromatic heterocycles. The monoisotopic (exact) mass is 313 g/mol. The highest BCUT2D eigenvalue weighted by Gasteiger charge is 2.51. The lowest BCUT2D eigenvalue weighted by molar-refractivity contribution is -0.141. The summed E-state index contributed by atoms with van der Waals surface area (Å²) in [6.45, 7) is 1.53. The van der Waals surface area contributed by atoms with Gasteiger partial charge in [-0.3, -0.25) is 4.79 Å². The van der Waals surface area contributed by atoms with Crippen molar-refractivity contribution in [2.75, 3.05) is 18.0 Å². The van der Waals surface area contributed by atoms with E-state index in [1.807, 2.05) is 4.90 Å². The largest absolute Gasteiger partial charge is 0.433 e. The maximum atomic E-state index is 12.5. The second-order valence-electron chi connectivity index (χ2n) is 6.34. The van der Waals surface area contributed by atoms with Crippen LogP contribution in [-0.4, -0.2) is 24.0 Å². The van der Waals surface area contributed by atoms with Gasteiger partial charge in [0.05, 0.1) is 11.9 Å². The van der Waals surface area contributed by atoms with E-state index in [0.717, 1.165) is 38.4 Å².